The third kappa shape index (κ3) is 1.52. The van der Waals surface area contributed by atoms with Crippen molar-refractivity contribution in [2.24, 2.45) is 5.73 Å². The Hall–Kier alpha value is -1.61. The molecule has 1 saturated heterocycles. The Kier molecular flexibility index (Phi) is 2.26. The summed E-state index contributed by atoms with van der Waals surface area (Å²) in [5.41, 5.74) is 5.44. The molecule has 6 heteroatoms. The summed E-state index contributed by atoms with van der Waals surface area (Å²) in [5.74, 6) is -0.470. The van der Waals surface area contributed by atoms with Gasteiger partial charge in [0.2, 0.25) is 0 Å². The number of hydrogen-bond donors (Lipinski definition) is 3. The summed E-state index contributed by atoms with van der Waals surface area (Å²) in [5, 5.41) is 12.6. The first-order valence-corrected chi connectivity index (χ1v) is 3.39. The summed E-state index contributed by atoms with van der Waals surface area (Å²) in [7, 11) is 0. The molecule has 1 aliphatic heterocycles. The van der Waals surface area contributed by atoms with E-state index in [4.69, 9.17) is 11.0 Å². The molecule has 0 saturated carbocycles. The molecule has 0 bridgehead atoms. The lowest BCUT2D eigenvalue weighted by molar-refractivity contribution is -0.120. The zero-order chi connectivity index (χ0) is 9.14. The highest BCUT2D eigenvalue weighted by Crippen LogP contribution is 2.00. The van der Waals surface area contributed by atoms with Gasteiger partial charge in [-0.25, -0.2) is 4.79 Å². The van der Waals surface area contributed by atoms with Crippen molar-refractivity contribution in [3.05, 3.63) is 0 Å². The fourth-order valence-corrected chi connectivity index (χ4v) is 0.957. The lowest BCUT2D eigenvalue weighted by Crippen LogP contribution is -2.45. The van der Waals surface area contributed by atoms with Gasteiger partial charge in [0.15, 0.2) is 0 Å². The Morgan fingerprint density at radius 2 is 2.33 bits per heavy atom. The Morgan fingerprint density at radius 3 is 2.75 bits per heavy atom. The van der Waals surface area contributed by atoms with E-state index >= 15 is 0 Å². The molecule has 0 aliphatic carbocycles. The third-order valence-electron chi connectivity index (χ3n) is 1.56. The number of nitrogens with two attached hydrogens (primary N) is 1. The lowest BCUT2D eigenvalue weighted by atomic mass is 10.1. The summed E-state index contributed by atoms with van der Waals surface area (Å²) in [6.45, 7) is 0. The number of imide groups is 1. The molecule has 0 spiro atoms. The van der Waals surface area contributed by atoms with Gasteiger partial charge >= 0.3 is 6.03 Å². The number of carbonyl (C=O) groups is 2. The first-order valence-electron chi connectivity index (χ1n) is 3.39. The van der Waals surface area contributed by atoms with Crippen molar-refractivity contribution in [3.63, 3.8) is 0 Å². The van der Waals surface area contributed by atoms with Gasteiger partial charge in [0.25, 0.3) is 5.91 Å². The number of carbonyl (C=O) groups excluding carboxylic acids is 2. The predicted octanol–water partition coefficient (Wildman–Crippen LogP) is -1.56. The first kappa shape index (κ1) is 8.49. The van der Waals surface area contributed by atoms with Crippen LogP contribution in [0.25, 0.3) is 0 Å². The Morgan fingerprint density at radius 1 is 1.67 bits per heavy atom. The molecule has 2 atom stereocenters. The molecule has 1 unspecified atom stereocenters. The van der Waals surface area contributed by atoms with E-state index in [1.165, 1.54) is 0 Å². The van der Waals surface area contributed by atoms with Gasteiger partial charge in [0.1, 0.15) is 6.04 Å². The molecule has 3 amide bonds. The maximum atomic E-state index is 10.9. The van der Waals surface area contributed by atoms with E-state index in [9.17, 15) is 9.59 Å². The fourth-order valence-electron chi connectivity index (χ4n) is 0.957. The smallest absolute Gasteiger partial charge is 0.322 e. The van der Waals surface area contributed by atoms with Crippen molar-refractivity contribution >= 4 is 11.9 Å². The van der Waals surface area contributed by atoms with E-state index in [0.717, 1.165) is 0 Å². The van der Waals surface area contributed by atoms with Crippen LogP contribution >= 0.6 is 0 Å². The van der Waals surface area contributed by atoms with Gasteiger partial charge in [-0.1, -0.05) is 0 Å². The molecule has 4 N–H and O–H groups in total. The maximum Gasteiger partial charge on any atom is 0.322 e. The number of nitrogens with zero attached hydrogens (tertiary/aromatic N) is 1. The van der Waals surface area contributed by atoms with Crippen LogP contribution < -0.4 is 16.4 Å². The van der Waals surface area contributed by atoms with Gasteiger partial charge in [-0.2, -0.15) is 5.26 Å². The zero-order valence-corrected chi connectivity index (χ0v) is 6.20. The van der Waals surface area contributed by atoms with Gasteiger partial charge in [-0.15, -0.1) is 0 Å². The maximum absolute atomic E-state index is 10.9. The number of hydrogen-bond acceptors (Lipinski definition) is 4. The Labute approximate surface area is 68.7 Å². The van der Waals surface area contributed by atoms with Crippen LogP contribution in [0.1, 0.15) is 6.42 Å². The highest BCUT2D eigenvalue weighted by atomic mass is 16.2. The van der Waals surface area contributed by atoms with Crippen LogP contribution in [0.4, 0.5) is 4.79 Å². The van der Waals surface area contributed by atoms with Crippen LogP contribution in [0, 0.1) is 11.3 Å². The van der Waals surface area contributed by atoms with Crippen molar-refractivity contribution in [1.82, 2.24) is 10.6 Å². The minimum atomic E-state index is -0.767. The van der Waals surface area contributed by atoms with Crippen LogP contribution in [-0.4, -0.2) is 24.0 Å². The second kappa shape index (κ2) is 3.19. The SMILES string of the molecule is N#CC[C@H](N)C1NC(=O)NC1=O. The normalized spacial score (nSPS) is 24.2. The van der Waals surface area contributed by atoms with E-state index in [1.54, 1.807) is 0 Å². The average Bonchev–Trinajstić information content (AvgIpc) is 2.30. The predicted molar refractivity (Wildman–Crippen MR) is 38.7 cm³/mol. The standard InChI is InChI=1S/C6H8N4O2/c7-2-1-3(8)4-5(11)10-6(12)9-4/h3-4H,1,8H2,(H2,9,10,11,12)/t3-,4?/m0/s1. The molecule has 6 nitrogen and oxygen atoms in total. The summed E-state index contributed by atoms with van der Waals surface area (Å²) < 4.78 is 0. The van der Waals surface area contributed by atoms with Crippen LogP contribution in [0.15, 0.2) is 0 Å². The van der Waals surface area contributed by atoms with Crippen molar-refractivity contribution in [3.8, 4) is 6.07 Å². The molecular formula is C6H8N4O2. The third-order valence-corrected chi connectivity index (χ3v) is 1.56. The van der Waals surface area contributed by atoms with Crippen LogP contribution in [0.2, 0.25) is 0 Å². The van der Waals surface area contributed by atoms with Gasteiger partial charge < -0.3 is 11.1 Å². The number of nitriles is 1. The highest BCUT2D eigenvalue weighted by molar-refractivity contribution is 6.04. The molecule has 1 fully saturated rings. The minimum absolute atomic E-state index is 0.0400. The van der Waals surface area contributed by atoms with Crippen molar-refractivity contribution < 1.29 is 9.59 Å². The van der Waals surface area contributed by atoms with Crippen molar-refractivity contribution in [2.75, 3.05) is 0 Å². The zero-order valence-electron chi connectivity index (χ0n) is 6.20. The van der Waals surface area contributed by atoms with E-state index < -0.39 is 24.0 Å². The molecule has 0 radical (unpaired) electrons. The van der Waals surface area contributed by atoms with Crippen molar-refractivity contribution in [2.45, 2.75) is 18.5 Å². The Balaban J connectivity index is 2.59. The van der Waals surface area contributed by atoms with E-state index in [1.807, 2.05) is 11.4 Å². The lowest BCUT2D eigenvalue weighted by Gasteiger charge is -2.12. The van der Waals surface area contributed by atoms with Crippen LogP contribution in [0.5, 0.6) is 0 Å². The second-order valence-corrected chi connectivity index (χ2v) is 2.47. The monoisotopic (exact) mass is 168 g/mol. The first-order chi connectivity index (χ1) is 5.65. The minimum Gasteiger partial charge on any atom is -0.325 e. The molecule has 0 aromatic rings. The quantitative estimate of drug-likeness (QED) is 0.433. The molecule has 1 aliphatic rings. The molecule has 1 heterocycles. The number of amides is 3. The molecule has 64 valence electrons. The highest BCUT2D eigenvalue weighted by Gasteiger charge is 2.33. The fraction of sp³-hybridized carbons (Fsp3) is 0.500. The number of nitrogens with one attached hydrogen (secondary N) is 2. The van der Waals surface area contributed by atoms with E-state index in [2.05, 4.69) is 5.32 Å². The summed E-state index contributed by atoms with van der Waals surface area (Å²) >= 11 is 0. The second-order valence-electron chi connectivity index (χ2n) is 2.47. The van der Waals surface area contributed by atoms with Gasteiger partial charge in [-0.3, -0.25) is 10.1 Å². The number of rotatable bonds is 2. The Bertz CT molecular complexity index is 257. The summed E-state index contributed by atoms with van der Waals surface area (Å²) in [6.07, 6.45) is 0.0400. The van der Waals surface area contributed by atoms with Gasteiger partial charge in [0.05, 0.1) is 12.5 Å². The van der Waals surface area contributed by atoms with E-state index in [0.29, 0.717) is 0 Å². The largest absolute Gasteiger partial charge is 0.325 e. The molecule has 1 rings (SSSR count). The summed E-state index contributed by atoms with van der Waals surface area (Å²) in [4.78, 5) is 21.5. The van der Waals surface area contributed by atoms with E-state index in [-0.39, 0.29) is 6.42 Å². The number of urea groups is 1. The molecule has 12 heavy (non-hydrogen) atoms. The molecular weight excluding hydrogens is 160 g/mol. The molecule has 0 aromatic heterocycles. The molecule has 0 aromatic carbocycles. The van der Waals surface area contributed by atoms with Gasteiger partial charge in [0, 0.05) is 6.04 Å². The van der Waals surface area contributed by atoms with Crippen LogP contribution in [-0.2, 0) is 4.79 Å². The summed E-state index contributed by atoms with van der Waals surface area (Å²) in [6, 6.07) is -0.138. The topological polar surface area (TPSA) is 108 Å². The van der Waals surface area contributed by atoms with Gasteiger partial charge in [-0.05, 0) is 0 Å². The van der Waals surface area contributed by atoms with Crippen LogP contribution in [0.3, 0.4) is 0 Å². The van der Waals surface area contributed by atoms with Crippen molar-refractivity contribution in [1.29, 1.82) is 5.26 Å². The average molecular weight is 168 g/mol.